The SMILES string of the molecule is CCOc1ccc(N2C(=O)/C(=C/c3cn(Cc4c(F)cccc4Cl)c4ccccc34)NC2=S)cc1. The van der Waals surface area contributed by atoms with Crippen molar-refractivity contribution in [2.24, 2.45) is 0 Å². The zero-order valence-corrected chi connectivity index (χ0v) is 20.4. The van der Waals surface area contributed by atoms with Crippen LogP contribution < -0.4 is 15.0 Å². The first-order valence-electron chi connectivity index (χ1n) is 11.1. The lowest BCUT2D eigenvalue weighted by Crippen LogP contribution is -2.30. The number of rotatable bonds is 6. The van der Waals surface area contributed by atoms with E-state index in [1.54, 1.807) is 42.5 Å². The van der Waals surface area contributed by atoms with Crippen LogP contribution in [0.5, 0.6) is 5.75 Å². The summed E-state index contributed by atoms with van der Waals surface area (Å²) >= 11 is 11.7. The molecule has 0 aliphatic carbocycles. The summed E-state index contributed by atoms with van der Waals surface area (Å²) in [6, 6.07) is 19.6. The van der Waals surface area contributed by atoms with Gasteiger partial charge in [0.1, 0.15) is 17.3 Å². The number of thiocarbonyl (C=S) groups is 1. The maximum absolute atomic E-state index is 14.4. The third kappa shape index (κ3) is 4.40. The zero-order chi connectivity index (χ0) is 24.5. The molecule has 0 radical (unpaired) electrons. The number of carbonyl (C=O) groups is 1. The average molecular weight is 506 g/mol. The molecule has 3 aromatic carbocycles. The van der Waals surface area contributed by atoms with E-state index in [4.69, 9.17) is 28.6 Å². The van der Waals surface area contributed by atoms with Gasteiger partial charge in [0, 0.05) is 33.2 Å². The van der Waals surface area contributed by atoms with Gasteiger partial charge >= 0.3 is 0 Å². The van der Waals surface area contributed by atoms with Crippen molar-refractivity contribution in [2.75, 3.05) is 11.5 Å². The van der Waals surface area contributed by atoms with Crippen molar-refractivity contribution >= 4 is 57.5 Å². The second-order valence-corrected chi connectivity index (χ2v) is 8.78. The highest BCUT2D eigenvalue weighted by Gasteiger charge is 2.32. The van der Waals surface area contributed by atoms with E-state index in [0.29, 0.717) is 33.7 Å². The van der Waals surface area contributed by atoms with Gasteiger partial charge in [0.15, 0.2) is 5.11 Å². The van der Waals surface area contributed by atoms with Crippen molar-refractivity contribution in [1.29, 1.82) is 0 Å². The van der Waals surface area contributed by atoms with Gasteiger partial charge in [-0.15, -0.1) is 0 Å². The van der Waals surface area contributed by atoms with E-state index in [0.717, 1.165) is 22.2 Å². The normalized spacial score (nSPS) is 14.7. The third-order valence-corrected chi connectivity index (χ3v) is 6.43. The van der Waals surface area contributed by atoms with Crippen LogP contribution in [-0.4, -0.2) is 22.2 Å². The van der Waals surface area contributed by atoms with Crippen molar-refractivity contribution in [3.05, 3.63) is 101 Å². The number of amides is 1. The van der Waals surface area contributed by atoms with Crippen LogP contribution in [0.15, 0.2) is 78.6 Å². The molecule has 0 atom stereocenters. The number of para-hydroxylation sites is 1. The molecule has 2 heterocycles. The lowest BCUT2D eigenvalue weighted by Gasteiger charge is -2.14. The van der Waals surface area contributed by atoms with Gasteiger partial charge in [0.2, 0.25) is 0 Å². The Balaban J connectivity index is 1.49. The molecular formula is C27H21ClFN3O2S. The molecule has 1 aromatic heterocycles. The molecule has 1 N–H and O–H groups in total. The van der Waals surface area contributed by atoms with Crippen molar-refractivity contribution in [1.82, 2.24) is 9.88 Å². The molecule has 176 valence electrons. The number of hydrogen-bond donors (Lipinski definition) is 1. The number of benzene rings is 3. The summed E-state index contributed by atoms with van der Waals surface area (Å²) in [4.78, 5) is 14.7. The van der Waals surface area contributed by atoms with E-state index in [2.05, 4.69) is 5.32 Å². The number of halogens is 2. The largest absolute Gasteiger partial charge is 0.494 e. The van der Waals surface area contributed by atoms with E-state index < -0.39 is 0 Å². The molecule has 8 heteroatoms. The number of fused-ring (bicyclic) bond motifs is 1. The molecule has 0 spiro atoms. The van der Waals surface area contributed by atoms with E-state index in [9.17, 15) is 9.18 Å². The zero-order valence-electron chi connectivity index (χ0n) is 18.8. The lowest BCUT2D eigenvalue weighted by molar-refractivity contribution is -0.113. The predicted octanol–water partition coefficient (Wildman–Crippen LogP) is 6.14. The molecular weight excluding hydrogens is 485 g/mol. The number of ether oxygens (including phenoxy) is 1. The highest BCUT2D eigenvalue weighted by atomic mass is 35.5. The van der Waals surface area contributed by atoms with Crippen LogP contribution in [0.2, 0.25) is 5.02 Å². The number of anilines is 1. The van der Waals surface area contributed by atoms with Crippen LogP contribution in [0.25, 0.3) is 17.0 Å². The number of hydrogen-bond acceptors (Lipinski definition) is 3. The van der Waals surface area contributed by atoms with Gasteiger partial charge in [-0.2, -0.15) is 0 Å². The van der Waals surface area contributed by atoms with Gasteiger partial charge in [-0.25, -0.2) is 4.39 Å². The van der Waals surface area contributed by atoms with Gasteiger partial charge in [0.05, 0.1) is 18.8 Å². The van der Waals surface area contributed by atoms with E-state index >= 15 is 0 Å². The van der Waals surface area contributed by atoms with Crippen molar-refractivity contribution < 1.29 is 13.9 Å². The molecule has 35 heavy (non-hydrogen) atoms. The van der Waals surface area contributed by atoms with Crippen LogP contribution in [0.1, 0.15) is 18.1 Å². The van der Waals surface area contributed by atoms with Gasteiger partial charge in [-0.3, -0.25) is 9.69 Å². The quantitative estimate of drug-likeness (QED) is 0.252. The summed E-state index contributed by atoms with van der Waals surface area (Å²) in [5, 5.41) is 4.62. The highest BCUT2D eigenvalue weighted by Crippen LogP contribution is 2.29. The van der Waals surface area contributed by atoms with Crippen molar-refractivity contribution in [3.8, 4) is 5.75 Å². The Morgan fingerprint density at radius 3 is 2.60 bits per heavy atom. The molecule has 1 aliphatic rings. The summed E-state index contributed by atoms with van der Waals surface area (Å²) in [6.45, 7) is 2.73. The second-order valence-electron chi connectivity index (χ2n) is 7.99. The Kier molecular flexibility index (Phi) is 6.28. The Labute approximate surface area is 212 Å². The van der Waals surface area contributed by atoms with Crippen LogP contribution in [0.3, 0.4) is 0 Å². The lowest BCUT2D eigenvalue weighted by atomic mass is 10.1. The Morgan fingerprint density at radius 2 is 1.86 bits per heavy atom. The minimum absolute atomic E-state index is 0.256. The molecule has 0 saturated carbocycles. The minimum atomic E-state index is -0.362. The minimum Gasteiger partial charge on any atom is -0.494 e. The topological polar surface area (TPSA) is 46.5 Å². The number of nitrogens with zero attached hydrogens (tertiary/aromatic N) is 2. The molecule has 0 bridgehead atoms. The summed E-state index contributed by atoms with van der Waals surface area (Å²) in [5.41, 5.74) is 3.12. The van der Waals surface area contributed by atoms with Crippen LogP contribution >= 0.6 is 23.8 Å². The first-order valence-corrected chi connectivity index (χ1v) is 11.9. The molecule has 5 nitrogen and oxygen atoms in total. The fourth-order valence-corrected chi connectivity index (χ4v) is 4.68. The second kappa shape index (κ2) is 9.52. The standard InChI is InChI=1S/C27H21ClFN3O2S/c1-2-34-19-12-10-18(11-13-19)32-26(33)24(30-27(32)35)14-17-15-31(25-9-4-3-6-20(17)25)16-21-22(28)7-5-8-23(21)29/h3-15H,2,16H2,1H3,(H,30,35)/b24-14-. The number of nitrogens with one attached hydrogen (secondary N) is 1. The van der Waals surface area contributed by atoms with Crippen LogP contribution in [-0.2, 0) is 11.3 Å². The van der Waals surface area contributed by atoms with Gasteiger partial charge in [-0.05, 0) is 67.7 Å². The number of carbonyl (C=O) groups excluding carboxylic acids is 1. The molecule has 1 aliphatic heterocycles. The summed E-state index contributed by atoms with van der Waals surface area (Å²) < 4.78 is 21.9. The average Bonchev–Trinajstić information content (AvgIpc) is 3.33. The van der Waals surface area contributed by atoms with E-state index in [-0.39, 0.29) is 18.3 Å². The fourth-order valence-electron chi connectivity index (χ4n) is 4.16. The smallest absolute Gasteiger partial charge is 0.281 e. The first kappa shape index (κ1) is 23.1. The summed E-state index contributed by atoms with van der Waals surface area (Å²) in [6.07, 6.45) is 3.66. The maximum Gasteiger partial charge on any atom is 0.281 e. The van der Waals surface area contributed by atoms with Crippen molar-refractivity contribution in [3.63, 3.8) is 0 Å². The third-order valence-electron chi connectivity index (χ3n) is 5.79. The Morgan fingerprint density at radius 1 is 1.09 bits per heavy atom. The molecule has 0 unspecified atom stereocenters. The van der Waals surface area contributed by atoms with Crippen molar-refractivity contribution in [2.45, 2.75) is 13.5 Å². The molecule has 1 saturated heterocycles. The van der Waals surface area contributed by atoms with Gasteiger partial charge in [-0.1, -0.05) is 35.9 Å². The van der Waals surface area contributed by atoms with Gasteiger partial charge in [0.25, 0.3) is 5.91 Å². The molecule has 5 rings (SSSR count). The molecule has 4 aromatic rings. The Bertz CT molecular complexity index is 1460. The van der Waals surface area contributed by atoms with Crippen LogP contribution in [0.4, 0.5) is 10.1 Å². The maximum atomic E-state index is 14.4. The fraction of sp³-hybridized carbons (Fsp3) is 0.111. The van der Waals surface area contributed by atoms with E-state index in [1.165, 1.54) is 11.0 Å². The highest BCUT2D eigenvalue weighted by molar-refractivity contribution is 7.80. The first-order chi connectivity index (χ1) is 17.0. The molecule has 1 fully saturated rings. The monoisotopic (exact) mass is 505 g/mol. The summed E-state index contributed by atoms with van der Waals surface area (Å²) in [5.74, 6) is 0.104. The van der Waals surface area contributed by atoms with E-state index in [1.807, 2.05) is 42.0 Å². The predicted molar refractivity (Wildman–Crippen MR) is 141 cm³/mol. The summed E-state index contributed by atoms with van der Waals surface area (Å²) in [7, 11) is 0. The number of aromatic nitrogens is 1. The Hall–Kier alpha value is -3.68. The van der Waals surface area contributed by atoms with Crippen LogP contribution in [0, 0.1) is 5.82 Å². The van der Waals surface area contributed by atoms with Gasteiger partial charge < -0.3 is 14.6 Å². The molecule has 1 amide bonds.